The Morgan fingerprint density at radius 1 is 1.16 bits per heavy atom. The van der Waals surface area contributed by atoms with Crippen molar-refractivity contribution < 1.29 is 9.18 Å². The van der Waals surface area contributed by atoms with E-state index in [1.807, 2.05) is 30.3 Å². The molecule has 0 fully saturated rings. The Kier molecular flexibility index (Phi) is 4.32. The average Bonchev–Trinajstić information content (AvgIpc) is 2.41. The maximum absolute atomic E-state index is 12.9. The fourth-order valence-corrected chi connectivity index (χ4v) is 1.84. The first-order valence-electron chi connectivity index (χ1n) is 5.48. The van der Waals surface area contributed by atoms with Crippen LogP contribution in [0.3, 0.4) is 0 Å². The summed E-state index contributed by atoms with van der Waals surface area (Å²) >= 11 is 3.17. The van der Waals surface area contributed by atoms with Crippen LogP contribution >= 0.6 is 15.9 Å². The minimum absolute atomic E-state index is 0.375. The molecule has 1 N–H and O–H groups in total. The zero-order chi connectivity index (χ0) is 13.7. The zero-order valence-electron chi connectivity index (χ0n) is 9.78. The van der Waals surface area contributed by atoms with Crippen molar-refractivity contribution in [1.29, 1.82) is 0 Å². The molecule has 0 aliphatic heterocycles. The van der Waals surface area contributed by atoms with E-state index in [0.29, 0.717) is 10.2 Å². The molecule has 4 heteroatoms. The summed E-state index contributed by atoms with van der Waals surface area (Å²) in [5.74, 6) is 4.40. The number of halogens is 2. The van der Waals surface area contributed by atoms with Crippen LogP contribution in [0, 0.1) is 17.7 Å². The summed E-state index contributed by atoms with van der Waals surface area (Å²) in [5.41, 5.74) is 1.24. The summed E-state index contributed by atoms with van der Waals surface area (Å²) in [5, 5.41) is 2.58. The van der Waals surface area contributed by atoms with Crippen LogP contribution in [0.5, 0.6) is 0 Å². The molecule has 94 valence electrons. The highest BCUT2D eigenvalue weighted by Crippen LogP contribution is 2.22. The van der Waals surface area contributed by atoms with Gasteiger partial charge < -0.3 is 5.32 Å². The number of carbonyl (C=O) groups is 1. The Bertz CT molecular complexity index is 659. The van der Waals surface area contributed by atoms with Gasteiger partial charge in [-0.05, 0) is 46.3 Å². The molecule has 1 amide bonds. The van der Waals surface area contributed by atoms with Crippen LogP contribution < -0.4 is 5.32 Å². The Balaban J connectivity index is 2.08. The monoisotopic (exact) mass is 317 g/mol. The molecule has 19 heavy (non-hydrogen) atoms. The number of carbonyl (C=O) groups excluding carboxylic acids is 1. The zero-order valence-corrected chi connectivity index (χ0v) is 11.4. The molecule has 0 bridgehead atoms. The Hall–Kier alpha value is -2.12. The van der Waals surface area contributed by atoms with Crippen LogP contribution in [0.4, 0.5) is 10.1 Å². The van der Waals surface area contributed by atoms with E-state index < -0.39 is 5.91 Å². The lowest BCUT2D eigenvalue weighted by Gasteiger charge is -2.03. The predicted octanol–water partition coefficient (Wildman–Crippen LogP) is 3.58. The molecule has 0 radical (unpaired) electrons. The largest absolute Gasteiger partial charge is 0.314 e. The topological polar surface area (TPSA) is 29.1 Å². The normalized spacial score (nSPS) is 9.37. The van der Waals surface area contributed by atoms with Gasteiger partial charge in [0, 0.05) is 16.0 Å². The highest BCUT2D eigenvalue weighted by atomic mass is 79.9. The van der Waals surface area contributed by atoms with Gasteiger partial charge in [0.25, 0.3) is 0 Å². The molecule has 0 aliphatic rings. The van der Waals surface area contributed by atoms with Gasteiger partial charge in [-0.2, -0.15) is 0 Å². The maximum Gasteiger partial charge on any atom is 0.300 e. The lowest BCUT2D eigenvalue weighted by molar-refractivity contribution is -0.111. The van der Waals surface area contributed by atoms with Gasteiger partial charge in [0.2, 0.25) is 0 Å². The molecule has 0 saturated heterocycles. The highest BCUT2D eigenvalue weighted by molar-refractivity contribution is 9.10. The van der Waals surface area contributed by atoms with Gasteiger partial charge >= 0.3 is 5.91 Å². The van der Waals surface area contributed by atoms with Crippen LogP contribution in [0.25, 0.3) is 0 Å². The van der Waals surface area contributed by atoms with E-state index in [0.717, 1.165) is 5.56 Å². The molecule has 0 unspecified atom stereocenters. The van der Waals surface area contributed by atoms with Gasteiger partial charge in [-0.3, -0.25) is 4.79 Å². The second kappa shape index (κ2) is 6.17. The summed E-state index contributed by atoms with van der Waals surface area (Å²) in [6, 6.07) is 13.2. The van der Waals surface area contributed by atoms with Crippen molar-refractivity contribution in [2.45, 2.75) is 0 Å². The van der Waals surface area contributed by atoms with Gasteiger partial charge in [-0.25, -0.2) is 4.39 Å². The number of benzene rings is 2. The fourth-order valence-electron chi connectivity index (χ4n) is 1.39. The fraction of sp³-hybridized carbons (Fsp3) is 0. The minimum atomic E-state index is -0.448. The molecule has 0 aromatic heterocycles. The average molecular weight is 318 g/mol. The van der Waals surface area contributed by atoms with Gasteiger partial charge in [0.05, 0.1) is 5.69 Å². The standard InChI is InChI=1S/C15H9BrFNO/c16-13-10-12(17)7-8-14(13)18-15(19)9-6-11-4-2-1-3-5-11/h1-5,7-8,10H,(H,18,19). The number of anilines is 1. The summed E-state index contributed by atoms with van der Waals surface area (Å²) in [6.07, 6.45) is 0. The van der Waals surface area contributed by atoms with E-state index in [-0.39, 0.29) is 5.82 Å². The third-order valence-corrected chi connectivity index (χ3v) is 2.93. The molecule has 2 rings (SSSR count). The first kappa shape index (κ1) is 13.3. The summed E-state index contributed by atoms with van der Waals surface area (Å²) in [7, 11) is 0. The van der Waals surface area contributed by atoms with Gasteiger partial charge in [-0.1, -0.05) is 24.1 Å². The van der Waals surface area contributed by atoms with Crippen molar-refractivity contribution in [3.8, 4) is 11.8 Å². The van der Waals surface area contributed by atoms with Crippen LogP contribution in [-0.4, -0.2) is 5.91 Å². The van der Waals surface area contributed by atoms with Crippen molar-refractivity contribution >= 4 is 27.5 Å². The van der Waals surface area contributed by atoms with E-state index in [4.69, 9.17) is 0 Å². The first-order valence-corrected chi connectivity index (χ1v) is 6.27. The molecule has 2 aromatic rings. The van der Waals surface area contributed by atoms with Crippen molar-refractivity contribution in [3.05, 3.63) is 64.4 Å². The van der Waals surface area contributed by atoms with Crippen molar-refractivity contribution in [2.24, 2.45) is 0 Å². The molecule has 2 nitrogen and oxygen atoms in total. The number of hydrogen-bond acceptors (Lipinski definition) is 1. The Morgan fingerprint density at radius 3 is 2.58 bits per heavy atom. The van der Waals surface area contributed by atoms with Gasteiger partial charge in [0.1, 0.15) is 5.82 Å². The van der Waals surface area contributed by atoms with Crippen LogP contribution in [0.15, 0.2) is 53.0 Å². The van der Waals surface area contributed by atoms with E-state index >= 15 is 0 Å². The molecule has 2 aromatic carbocycles. The number of amides is 1. The van der Waals surface area contributed by atoms with Gasteiger partial charge in [-0.15, -0.1) is 0 Å². The van der Waals surface area contributed by atoms with Gasteiger partial charge in [0.15, 0.2) is 0 Å². The third kappa shape index (κ3) is 3.94. The predicted molar refractivity (Wildman–Crippen MR) is 76.0 cm³/mol. The molecule has 0 heterocycles. The molecular formula is C15H9BrFNO. The number of hydrogen-bond donors (Lipinski definition) is 1. The lowest BCUT2D eigenvalue weighted by atomic mass is 10.2. The third-order valence-electron chi connectivity index (χ3n) is 2.27. The minimum Gasteiger partial charge on any atom is -0.314 e. The Labute approximate surface area is 118 Å². The number of rotatable bonds is 1. The second-order valence-corrected chi connectivity index (χ2v) is 4.55. The van der Waals surface area contributed by atoms with E-state index in [1.54, 1.807) is 0 Å². The molecule has 0 saturated carbocycles. The Morgan fingerprint density at radius 2 is 1.89 bits per heavy atom. The van der Waals surface area contributed by atoms with Crippen LogP contribution in [-0.2, 0) is 4.79 Å². The summed E-state index contributed by atoms with van der Waals surface area (Å²) < 4.78 is 13.4. The van der Waals surface area contributed by atoms with Crippen LogP contribution in [0.1, 0.15) is 5.56 Å². The molecule has 0 atom stereocenters. The maximum atomic E-state index is 12.9. The summed E-state index contributed by atoms with van der Waals surface area (Å²) in [6.45, 7) is 0. The van der Waals surface area contributed by atoms with Crippen molar-refractivity contribution in [3.63, 3.8) is 0 Å². The molecule has 0 spiro atoms. The second-order valence-electron chi connectivity index (χ2n) is 3.69. The quantitative estimate of drug-likeness (QED) is 0.800. The van der Waals surface area contributed by atoms with Crippen molar-refractivity contribution in [2.75, 3.05) is 5.32 Å². The number of nitrogens with one attached hydrogen (secondary N) is 1. The lowest BCUT2D eigenvalue weighted by Crippen LogP contribution is -2.09. The SMILES string of the molecule is O=C(C#Cc1ccccc1)Nc1ccc(F)cc1Br. The summed E-state index contributed by atoms with van der Waals surface area (Å²) in [4.78, 5) is 11.6. The molecular weight excluding hydrogens is 309 g/mol. The van der Waals surface area contributed by atoms with Crippen LogP contribution in [0.2, 0.25) is 0 Å². The van der Waals surface area contributed by atoms with E-state index in [9.17, 15) is 9.18 Å². The first-order chi connectivity index (χ1) is 9.15. The highest BCUT2D eigenvalue weighted by Gasteiger charge is 2.03. The molecule has 0 aliphatic carbocycles. The smallest absolute Gasteiger partial charge is 0.300 e. The van der Waals surface area contributed by atoms with Crippen molar-refractivity contribution in [1.82, 2.24) is 0 Å². The van der Waals surface area contributed by atoms with E-state index in [1.165, 1.54) is 18.2 Å². The van der Waals surface area contributed by atoms with E-state index in [2.05, 4.69) is 33.1 Å².